The summed E-state index contributed by atoms with van der Waals surface area (Å²) in [6, 6.07) is 6.13. The molecule has 0 atom stereocenters. The second kappa shape index (κ2) is 7.71. The van der Waals surface area contributed by atoms with E-state index in [2.05, 4.69) is 20.9 Å². The quantitative estimate of drug-likeness (QED) is 0.573. The van der Waals surface area contributed by atoms with Crippen molar-refractivity contribution in [1.82, 2.24) is 4.57 Å². The van der Waals surface area contributed by atoms with Gasteiger partial charge in [0.15, 0.2) is 0 Å². The second-order valence-corrected chi connectivity index (χ2v) is 6.91. The van der Waals surface area contributed by atoms with E-state index in [1.54, 1.807) is 6.07 Å². The number of aromatic nitrogens is 1. The smallest absolute Gasteiger partial charge is 0.406 e. The molecule has 3 rings (SSSR count). The molecule has 0 amide bonds. The number of amidine groups is 1. The Morgan fingerprint density at radius 2 is 2.11 bits per heavy atom. The van der Waals surface area contributed by atoms with Crippen molar-refractivity contribution >= 4 is 5.84 Å². The van der Waals surface area contributed by atoms with Gasteiger partial charge in [-0.1, -0.05) is 18.7 Å². The van der Waals surface area contributed by atoms with Crippen molar-refractivity contribution in [3.63, 3.8) is 0 Å². The predicted molar refractivity (Wildman–Crippen MR) is 103 cm³/mol. The zero-order valence-corrected chi connectivity index (χ0v) is 15.5. The molecule has 150 valence electrons. The van der Waals surface area contributed by atoms with Crippen molar-refractivity contribution in [2.24, 2.45) is 22.4 Å². The number of benzene rings is 1. The molecule has 1 fully saturated rings. The molecule has 5 nitrogen and oxygen atoms in total. The highest BCUT2D eigenvalue weighted by atomic mass is 19.4. The number of ether oxygens (including phenoxy) is 1. The van der Waals surface area contributed by atoms with Crippen LogP contribution in [0.15, 0.2) is 48.2 Å². The summed E-state index contributed by atoms with van der Waals surface area (Å²) in [5, 5.41) is 0. The van der Waals surface area contributed by atoms with Gasteiger partial charge in [-0.3, -0.25) is 0 Å². The molecule has 0 spiro atoms. The van der Waals surface area contributed by atoms with Crippen molar-refractivity contribution in [2.75, 3.05) is 6.54 Å². The van der Waals surface area contributed by atoms with E-state index in [4.69, 9.17) is 11.5 Å². The van der Waals surface area contributed by atoms with E-state index in [1.807, 2.05) is 13.1 Å². The van der Waals surface area contributed by atoms with Gasteiger partial charge in [0.1, 0.15) is 11.6 Å². The largest absolute Gasteiger partial charge is 0.573 e. The van der Waals surface area contributed by atoms with E-state index in [9.17, 15) is 13.2 Å². The van der Waals surface area contributed by atoms with E-state index in [0.29, 0.717) is 29.2 Å². The summed E-state index contributed by atoms with van der Waals surface area (Å²) >= 11 is 0. The number of alkyl halides is 3. The first-order valence-electron chi connectivity index (χ1n) is 8.95. The Bertz CT molecular complexity index is 895. The topological polar surface area (TPSA) is 78.6 Å². The lowest BCUT2D eigenvalue weighted by molar-refractivity contribution is -0.274. The molecule has 1 aliphatic carbocycles. The van der Waals surface area contributed by atoms with Crippen molar-refractivity contribution in [3.05, 3.63) is 54.5 Å². The minimum atomic E-state index is -4.75. The monoisotopic (exact) mass is 392 g/mol. The zero-order valence-electron chi connectivity index (χ0n) is 15.5. The van der Waals surface area contributed by atoms with Crippen LogP contribution in [0, 0.1) is 12.8 Å². The van der Waals surface area contributed by atoms with Gasteiger partial charge in [0.25, 0.3) is 0 Å². The lowest BCUT2D eigenvalue weighted by Gasteiger charge is -2.36. The average Bonchev–Trinajstić information content (AvgIpc) is 2.90. The number of nitrogens with two attached hydrogens (primary N) is 2. The molecule has 4 N–H and O–H groups in total. The summed E-state index contributed by atoms with van der Waals surface area (Å²) in [5.41, 5.74) is 14.7. The molecule has 1 aliphatic rings. The number of nitrogens with zero attached hydrogens (tertiary/aromatic N) is 2. The first kappa shape index (κ1) is 20.0. The molecule has 1 aromatic heterocycles. The molecular weight excluding hydrogens is 369 g/mol. The number of aliphatic imine (C=N–C) groups is 1. The maximum Gasteiger partial charge on any atom is 0.573 e. The molecule has 1 aromatic carbocycles. The standard InChI is InChI=1S/C20H23F3N4O/c1-3-26-19(25)18-12(2)27(15-7-13(8-15)10-24)11-17(18)14-5-4-6-16(9-14)28-20(21,22)23/h3-6,9,11,13,15H,1,7-8,10,24H2,2H3,(H2,25,26). The molecule has 1 heterocycles. The van der Waals surface area contributed by atoms with Crippen molar-refractivity contribution in [2.45, 2.75) is 32.2 Å². The lowest BCUT2D eigenvalue weighted by Crippen LogP contribution is -2.32. The molecule has 28 heavy (non-hydrogen) atoms. The van der Waals surface area contributed by atoms with Gasteiger partial charge in [0.2, 0.25) is 0 Å². The Kier molecular flexibility index (Phi) is 5.51. The van der Waals surface area contributed by atoms with Gasteiger partial charge in [0.05, 0.1) is 0 Å². The Morgan fingerprint density at radius 1 is 1.39 bits per heavy atom. The van der Waals surface area contributed by atoms with Gasteiger partial charge in [-0.15, -0.1) is 13.2 Å². The molecule has 1 saturated carbocycles. The Morgan fingerprint density at radius 3 is 2.71 bits per heavy atom. The Balaban J connectivity index is 2.06. The Hall–Kier alpha value is -2.74. The normalized spacial score (nSPS) is 20.0. The molecule has 2 aromatic rings. The molecule has 0 aliphatic heterocycles. The van der Waals surface area contributed by atoms with Crippen LogP contribution in [0.25, 0.3) is 11.1 Å². The summed E-state index contributed by atoms with van der Waals surface area (Å²) < 4.78 is 44.0. The van der Waals surface area contributed by atoms with Gasteiger partial charge in [-0.05, 0) is 49.9 Å². The third-order valence-corrected chi connectivity index (χ3v) is 5.09. The van der Waals surface area contributed by atoms with Gasteiger partial charge in [-0.2, -0.15) is 0 Å². The number of hydrogen-bond acceptors (Lipinski definition) is 3. The summed E-state index contributed by atoms with van der Waals surface area (Å²) in [6.07, 6.45) is 0.421. The van der Waals surface area contributed by atoms with Crippen LogP contribution >= 0.6 is 0 Å². The van der Waals surface area contributed by atoms with Crippen molar-refractivity contribution in [1.29, 1.82) is 0 Å². The Labute approximate surface area is 161 Å². The summed E-state index contributed by atoms with van der Waals surface area (Å²) in [4.78, 5) is 4.09. The molecule has 0 unspecified atom stereocenters. The van der Waals surface area contributed by atoms with E-state index in [-0.39, 0.29) is 17.6 Å². The maximum absolute atomic E-state index is 12.6. The van der Waals surface area contributed by atoms with E-state index < -0.39 is 6.36 Å². The summed E-state index contributed by atoms with van der Waals surface area (Å²) in [7, 11) is 0. The maximum atomic E-state index is 12.6. The average molecular weight is 392 g/mol. The first-order chi connectivity index (χ1) is 13.2. The lowest BCUT2D eigenvalue weighted by atomic mass is 9.80. The number of rotatable bonds is 6. The fourth-order valence-electron chi connectivity index (χ4n) is 3.69. The molecular formula is C20H23F3N4O. The van der Waals surface area contributed by atoms with Crippen LogP contribution in [0.5, 0.6) is 5.75 Å². The summed E-state index contributed by atoms with van der Waals surface area (Å²) in [6.45, 7) is 6.14. The minimum absolute atomic E-state index is 0.262. The third kappa shape index (κ3) is 4.06. The fourth-order valence-corrected chi connectivity index (χ4v) is 3.69. The molecule has 8 heteroatoms. The van der Waals surface area contributed by atoms with Crippen LogP contribution in [-0.4, -0.2) is 23.3 Å². The van der Waals surface area contributed by atoms with Crippen LogP contribution < -0.4 is 16.2 Å². The second-order valence-electron chi connectivity index (χ2n) is 6.91. The van der Waals surface area contributed by atoms with E-state index in [1.165, 1.54) is 24.4 Å². The van der Waals surface area contributed by atoms with Crippen LogP contribution in [0.3, 0.4) is 0 Å². The van der Waals surface area contributed by atoms with Crippen LogP contribution in [-0.2, 0) is 0 Å². The van der Waals surface area contributed by atoms with Crippen molar-refractivity contribution < 1.29 is 17.9 Å². The third-order valence-electron chi connectivity index (χ3n) is 5.09. The highest BCUT2D eigenvalue weighted by Gasteiger charge is 2.33. The number of halogens is 3. The highest BCUT2D eigenvalue weighted by Crippen LogP contribution is 2.41. The van der Waals surface area contributed by atoms with Crippen LogP contribution in [0.1, 0.15) is 30.1 Å². The van der Waals surface area contributed by atoms with Crippen LogP contribution in [0.4, 0.5) is 13.2 Å². The van der Waals surface area contributed by atoms with E-state index in [0.717, 1.165) is 18.5 Å². The molecule has 0 radical (unpaired) electrons. The summed E-state index contributed by atoms with van der Waals surface area (Å²) in [5.74, 6) is 0.465. The van der Waals surface area contributed by atoms with E-state index >= 15 is 0 Å². The van der Waals surface area contributed by atoms with Crippen molar-refractivity contribution in [3.8, 4) is 16.9 Å². The van der Waals surface area contributed by atoms with Gasteiger partial charge >= 0.3 is 6.36 Å². The van der Waals surface area contributed by atoms with Gasteiger partial charge < -0.3 is 20.8 Å². The zero-order chi connectivity index (χ0) is 20.5. The molecule has 0 saturated heterocycles. The predicted octanol–water partition coefficient (Wildman–Crippen LogP) is 4.12. The van der Waals surface area contributed by atoms with Crippen LogP contribution in [0.2, 0.25) is 0 Å². The minimum Gasteiger partial charge on any atom is -0.406 e. The SMILES string of the molecule is C=CN=C(N)c1c(-c2cccc(OC(F)(F)F)c2)cn(C2CC(CN)C2)c1C. The van der Waals surface area contributed by atoms with Gasteiger partial charge in [-0.25, -0.2) is 4.99 Å². The highest BCUT2D eigenvalue weighted by molar-refractivity contribution is 6.05. The fraction of sp³-hybridized carbons (Fsp3) is 0.350. The molecule has 0 bridgehead atoms. The number of hydrogen-bond donors (Lipinski definition) is 2. The van der Waals surface area contributed by atoms with Gasteiger partial charge in [0, 0.05) is 35.3 Å². The first-order valence-corrected chi connectivity index (χ1v) is 8.95.